The highest BCUT2D eigenvalue weighted by Gasteiger charge is 2.12. The van der Waals surface area contributed by atoms with Gasteiger partial charge in [-0.2, -0.15) is 0 Å². The van der Waals surface area contributed by atoms with Crippen molar-refractivity contribution in [3.63, 3.8) is 0 Å². The lowest BCUT2D eigenvalue weighted by Gasteiger charge is -2.15. The molecular formula is C17H27NO2. The third-order valence-electron chi connectivity index (χ3n) is 3.44. The standard InChI is InChI=1S/C17H27NO2/c1-13(2)11-18-12-14(3)9-15-5-6-16-17(10-15)20-8-4-7-19-16/h5-6,10,13-14,18H,4,7-9,11-12H2,1-3H3. The molecule has 1 aliphatic heterocycles. The normalized spacial score (nSPS) is 16.0. The topological polar surface area (TPSA) is 30.5 Å². The molecule has 0 fully saturated rings. The van der Waals surface area contributed by atoms with Gasteiger partial charge in [-0.05, 0) is 49.0 Å². The van der Waals surface area contributed by atoms with Crippen LogP contribution >= 0.6 is 0 Å². The van der Waals surface area contributed by atoms with Crippen LogP contribution in [0.2, 0.25) is 0 Å². The fraction of sp³-hybridized carbons (Fsp3) is 0.647. The van der Waals surface area contributed by atoms with E-state index in [2.05, 4.69) is 38.2 Å². The molecule has 1 unspecified atom stereocenters. The number of nitrogens with one attached hydrogen (secondary N) is 1. The maximum Gasteiger partial charge on any atom is 0.161 e. The quantitative estimate of drug-likeness (QED) is 0.865. The highest BCUT2D eigenvalue weighted by Crippen LogP contribution is 2.31. The van der Waals surface area contributed by atoms with Gasteiger partial charge in [-0.3, -0.25) is 0 Å². The van der Waals surface area contributed by atoms with Crippen LogP contribution in [-0.2, 0) is 6.42 Å². The molecule has 0 amide bonds. The molecule has 20 heavy (non-hydrogen) atoms. The van der Waals surface area contributed by atoms with Crippen molar-refractivity contribution in [2.45, 2.75) is 33.6 Å². The highest BCUT2D eigenvalue weighted by atomic mass is 16.5. The molecule has 1 atom stereocenters. The first-order valence-corrected chi connectivity index (χ1v) is 7.74. The molecule has 0 aromatic heterocycles. The van der Waals surface area contributed by atoms with Crippen molar-refractivity contribution in [2.75, 3.05) is 26.3 Å². The van der Waals surface area contributed by atoms with E-state index in [0.717, 1.165) is 50.6 Å². The van der Waals surface area contributed by atoms with E-state index in [1.165, 1.54) is 5.56 Å². The van der Waals surface area contributed by atoms with Crippen LogP contribution in [0.25, 0.3) is 0 Å². The summed E-state index contributed by atoms with van der Waals surface area (Å²) in [7, 11) is 0. The van der Waals surface area contributed by atoms with Gasteiger partial charge in [0.15, 0.2) is 11.5 Å². The predicted molar refractivity (Wildman–Crippen MR) is 82.6 cm³/mol. The van der Waals surface area contributed by atoms with Crippen molar-refractivity contribution >= 4 is 0 Å². The summed E-state index contributed by atoms with van der Waals surface area (Å²) >= 11 is 0. The lowest BCUT2D eigenvalue weighted by Crippen LogP contribution is -2.26. The Kier molecular flexibility index (Phi) is 5.72. The molecule has 0 aliphatic carbocycles. The van der Waals surface area contributed by atoms with Crippen molar-refractivity contribution in [3.05, 3.63) is 23.8 Å². The van der Waals surface area contributed by atoms with Gasteiger partial charge in [0, 0.05) is 6.42 Å². The summed E-state index contributed by atoms with van der Waals surface area (Å²) in [5, 5.41) is 3.52. The molecule has 1 aromatic rings. The molecule has 0 bridgehead atoms. The molecule has 0 radical (unpaired) electrons. The Morgan fingerprint density at radius 2 is 1.80 bits per heavy atom. The second kappa shape index (κ2) is 7.53. The van der Waals surface area contributed by atoms with Crippen LogP contribution in [0.4, 0.5) is 0 Å². The van der Waals surface area contributed by atoms with Gasteiger partial charge in [0.1, 0.15) is 0 Å². The second-order valence-corrected chi connectivity index (χ2v) is 6.19. The van der Waals surface area contributed by atoms with Crippen LogP contribution in [0.15, 0.2) is 18.2 Å². The van der Waals surface area contributed by atoms with Crippen molar-refractivity contribution in [1.29, 1.82) is 0 Å². The first-order chi connectivity index (χ1) is 9.65. The first kappa shape index (κ1) is 15.2. The third-order valence-corrected chi connectivity index (χ3v) is 3.44. The zero-order chi connectivity index (χ0) is 14.4. The predicted octanol–water partition coefficient (Wildman–Crippen LogP) is 3.27. The number of hydrogen-bond acceptors (Lipinski definition) is 3. The molecular weight excluding hydrogens is 250 g/mol. The smallest absolute Gasteiger partial charge is 0.161 e. The Hall–Kier alpha value is -1.22. The molecule has 112 valence electrons. The average Bonchev–Trinajstić information content (AvgIpc) is 2.62. The van der Waals surface area contributed by atoms with Gasteiger partial charge in [-0.15, -0.1) is 0 Å². The third kappa shape index (κ3) is 4.71. The first-order valence-electron chi connectivity index (χ1n) is 7.74. The molecule has 1 aromatic carbocycles. The Morgan fingerprint density at radius 3 is 2.55 bits per heavy atom. The van der Waals surface area contributed by atoms with E-state index in [-0.39, 0.29) is 0 Å². The number of benzene rings is 1. The summed E-state index contributed by atoms with van der Waals surface area (Å²) in [6.07, 6.45) is 2.03. The van der Waals surface area contributed by atoms with E-state index in [0.29, 0.717) is 11.8 Å². The minimum Gasteiger partial charge on any atom is -0.490 e. The Labute approximate surface area is 122 Å². The maximum absolute atomic E-state index is 5.74. The Morgan fingerprint density at radius 1 is 1.05 bits per heavy atom. The fourth-order valence-corrected chi connectivity index (χ4v) is 2.43. The fourth-order valence-electron chi connectivity index (χ4n) is 2.43. The van der Waals surface area contributed by atoms with E-state index < -0.39 is 0 Å². The van der Waals surface area contributed by atoms with E-state index in [1.54, 1.807) is 0 Å². The molecule has 1 heterocycles. The molecule has 2 rings (SSSR count). The van der Waals surface area contributed by atoms with Crippen LogP contribution in [0.5, 0.6) is 11.5 Å². The molecule has 0 spiro atoms. The van der Waals surface area contributed by atoms with Gasteiger partial charge >= 0.3 is 0 Å². The number of ether oxygens (including phenoxy) is 2. The Balaban J connectivity index is 1.88. The maximum atomic E-state index is 5.74. The SMILES string of the molecule is CC(C)CNCC(C)Cc1ccc2c(c1)OCCCO2. The lowest BCUT2D eigenvalue weighted by molar-refractivity contribution is 0.297. The van der Waals surface area contributed by atoms with Gasteiger partial charge in [0.05, 0.1) is 13.2 Å². The summed E-state index contributed by atoms with van der Waals surface area (Å²) in [5.41, 5.74) is 1.33. The lowest BCUT2D eigenvalue weighted by atomic mass is 10.0. The van der Waals surface area contributed by atoms with Gasteiger partial charge in [-0.25, -0.2) is 0 Å². The Bertz CT molecular complexity index is 417. The molecule has 3 heteroatoms. The number of rotatable bonds is 6. The second-order valence-electron chi connectivity index (χ2n) is 6.19. The van der Waals surface area contributed by atoms with Crippen LogP contribution in [0, 0.1) is 11.8 Å². The number of hydrogen-bond donors (Lipinski definition) is 1. The van der Waals surface area contributed by atoms with Crippen LogP contribution in [0.1, 0.15) is 32.8 Å². The van der Waals surface area contributed by atoms with Crippen molar-refractivity contribution in [2.24, 2.45) is 11.8 Å². The van der Waals surface area contributed by atoms with Crippen molar-refractivity contribution in [1.82, 2.24) is 5.32 Å². The molecule has 3 nitrogen and oxygen atoms in total. The zero-order valence-corrected chi connectivity index (χ0v) is 12.9. The van der Waals surface area contributed by atoms with Gasteiger partial charge in [0.2, 0.25) is 0 Å². The number of fused-ring (bicyclic) bond motifs is 1. The van der Waals surface area contributed by atoms with Crippen LogP contribution in [-0.4, -0.2) is 26.3 Å². The summed E-state index contributed by atoms with van der Waals surface area (Å²) in [5.74, 6) is 3.12. The zero-order valence-electron chi connectivity index (χ0n) is 12.9. The molecule has 0 saturated heterocycles. The van der Waals surface area contributed by atoms with Crippen molar-refractivity contribution < 1.29 is 9.47 Å². The van der Waals surface area contributed by atoms with E-state index in [4.69, 9.17) is 9.47 Å². The van der Waals surface area contributed by atoms with E-state index in [9.17, 15) is 0 Å². The van der Waals surface area contributed by atoms with Gasteiger partial charge < -0.3 is 14.8 Å². The van der Waals surface area contributed by atoms with E-state index >= 15 is 0 Å². The van der Waals surface area contributed by atoms with Gasteiger partial charge in [0.25, 0.3) is 0 Å². The summed E-state index contributed by atoms with van der Waals surface area (Å²) in [6, 6.07) is 6.34. The minimum atomic E-state index is 0.624. The monoisotopic (exact) mass is 277 g/mol. The van der Waals surface area contributed by atoms with Crippen molar-refractivity contribution in [3.8, 4) is 11.5 Å². The summed E-state index contributed by atoms with van der Waals surface area (Å²) in [4.78, 5) is 0. The largest absolute Gasteiger partial charge is 0.490 e. The average molecular weight is 277 g/mol. The minimum absolute atomic E-state index is 0.624. The summed E-state index contributed by atoms with van der Waals surface area (Å²) < 4.78 is 11.4. The van der Waals surface area contributed by atoms with Crippen LogP contribution < -0.4 is 14.8 Å². The summed E-state index contributed by atoms with van der Waals surface area (Å²) in [6.45, 7) is 10.4. The molecule has 0 saturated carbocycles. The van der Waals surface area contributed by atoms with Crippen LogP contribution in [0.3, 0.4) is 0 Å². The molecule has 1 aliphatic rings. The van der Waals surface area contributed by atoms with Gasteiger partial charge in [-0.1, -0.05) is 26.8 Å². The highest BCUT2D eigenvalue weighted by molar-refractivity contribution is 5.43. The van der Waals surface area contributed by atoms with E-state index in [1.807, 2.05) is 6.07 Å². The molecule has 1 N–H and O–H groups in total.